The highest BCUT2D eigenvalue weighted by molar-refractivity contribution is 5.96. The van der Waals surface area contributed by atoms with E-state index in [9.17, 15) is 4.79 Å². The van der Waals surface area contributed by atoms with Crippen molar-refractivity contribution >= 4 is 11.6 Å². The summed E-state index contributed by atoms with van der Waals surface area (Å²) in [6.07, 6.45) is 0.303. The van der Waals surface area contributed by atoms with E-state index >= 15 is 0 Å². The molecule has 152 valence electrons. The number of ether oxygens (including phenoxy) is 4. The first-order valence-corrected chi connectivity index (χ1v) is 9.68. The molecule has 1 unspecified atom stereocenters. The fourth-order valence-corrected chi connectivity index (χ4v) is 3.88. The zero-order valence-corrected chi connectivity index (χ0v) is 15.9. The van der Waals surface area contributed by atoms with Gasteiger partial charge in [0.05, 0.1) is 5.92 Å². The topological polar surface area (TPSA) is 96.2 Å². The van der Waals surface area contributed by atoms with Crippen molar-refractivity contribution in [3.8, 4) is 34.4 Å². The number of carbonyl (C=O) groups is 1. The quantitative estimate of drug-likeness (QED) is 0.654. The average Bonchev–Trinajstić information content (AvgIpc) is 3.52. The van der Waals surface area contributed by atoms with Gasteiger partial charge in [0.15, 0.2) is 23.0 Å². The lowest BCUT2D eigenvalue weighted by molar-refractivity contribution is -0.117. The second-order valence-corrected chi connectivity index (χ2v) is 7.26. The second-order valence-electron chi connectivity index (χ2n) is 7.26. The summed E-state index contributed by atoms with van der Waals surface area (Å²) in [6, 6.07) is 11.0. The van der Waals surface area contributed by atoms with Crippen LogP contribution >= 0.6 is 0 Å². The number of carbonyl (C=O) groups excluding carboxylic acids is 1. The van der Waals surface area contributed by atoms with Crippen LogP contribution in [0.25, 0.3) is 11.4 Å². The zero-order chi connectivity index (χ0) is 20.1. The Balaban J connectivity index is 1.23. The van der Waals surface area contributed by atoms with Crippen molar-refractivity contribution in [2.45, 2.75) is 12.3 Å². The molecule has 0 aliphatic carbocycles. The van der Waals surface area contributed by atoms with Crippen LogP contribution in [0.1, 0.15) is 18.2 Å². The van der Waals surface area contributed by atoms with Gasteiger partial charge in [-0.2, -0.15) is 4.98 Å². The highest BCUT2D eigenvalue weighted by Gasteiger charge is 2.35. The summed E-state index contributed by atoms with van der Waals surface area (Å²) in [5, 5.41) is 4.09. The Kier molecular flexibility index (Phi) is 3.80. The minimum atomic E-state index is -0.180. The van der Waals surface area contributed by atoms with Gasteiger partial charge < -0.3 is 28.4 Å². The van der Waals surface area contributed by atoms with E-state index in [1.807, 2.05) is 36.4 Å². The third-order valence-electron chi connectivity index (χ3n) is 5.38. The Labute approximate surface area is 171 Å². The maximum Gasteiger partial charge on any atom is 0.232 e. The summed E-state index contributed by atoms with van der Waals surface area (Å²) >= 11 is 0. The molecule has 0 bridgehead atoms. The van der Waals surface area contributed by atoms with Gasteiger partial charge in [-0.25, -0.2) is 0 Å². The number of anilines is 1. The minimum Gasteiger partial charge on any atom is -0.486 e. The van der Waals surface area contributed by atoms with Crippen LogP contribution in [0, 0.1) is 0 Å². The molecule has 0 radical (unpaired) electrons. The average molecular weight is 407 g/mol. The van der Waals surface area contributed by atoms with Crippen LogP contribution in [-0.4, -0.2) is 42.6 Å². The van der Waals surface area contributed by atoms with Gasteiger partial charge in [-0.1, -0.05) is 5.16 Å². The van der Waals surface area contributed by atoms with Gasteiger partial charge in [0, 0.05) is 30.3 Å². The molecule has 3 aromatic rings. The minimum absolute atomic E-state index is 0.000456. The Morgan fingerprint density at radius 2 is 1.67 bits per heavy atom. The number of hydrogen-bond acceptors (Lipinski definition) is 8. The van der Waals surface area contributed by atoms with Gasteiger partial charge in [-0.3, -0.25) is 4.79 Å². The highest BCUT2D eigenvalue weighted by Crippen LogP contribution is 2.39. The molecule has 1 fully saturated rings. The molecule has 1 saturated heterocycles. The lowest BCUT2D eigenvalue weighted by Crippen LogP contribution is -2.24. The molecule has 9 nitrogen and oxygen atoms in total. The monoisotopic (exact) mass is 407 g/mol. The maximum atomic E-state index is 12.7. The summed E-state index contributed by atoms with van der Waals surface area (Å²) < 4.78 is 27.4. The number of fused-ring (bicyclic) bond motifs is 2. The number of amides is 1. The molecule has 3 aliphatic heterocycles. The summed E-state index contributed by atoms with van der Waals surface area (Å²) in [7, 11) is 0. The fourth-order valence-electron chi connectivity index (χ4n) is 3.88. The van der Waals surface area contributed by atoms with Gasteiger partial charge in [0.2, 0.25) is 24.4 Å². The first kappa shape index (κ1) is 17.1. The largest absolute Gasteiger partial charge is 0.486 e. The lowest BCUT2D eigenvalue weighted by atomic mass is 10.1. The number of aromatic nitrogens is 2. The molecule has 0 saturated carbocycles. The van der Waals surface area contributed by atoms with Crippen molar-refractivity contribution in [2.24, 2.45) is 0 Å². The SMILES string of the molecule is O=C1CC(c2nc(-c3ccc4c(c3)OCO4)no2)CN1c1ccc2c(c1)OCCO2. The van der Waals surface area contributed by atoms with Crippen LogP contribution in [0.15, 0.2) is 40.9 Å². The fraction of sp³-hybridized carbons (Fsp3) is 0.286. The maximum absolute atomic E-state index is 12.7. The van der Waals surface area contributed by atoms with E-state index in [1.165, 1.54) is 0 Å². The summed E-state index contributed by atoms with van der Waals surface area (Å²) in [6.45, 7) is 1.69. The molecular formula is C21H17N3O6. The van der Waals surface area contributed by atoms with Gasteiger partial charge in [0.1, 0.15) is 13.2 Å². The Morgan fingerprint density at radius 3 is 2.60 bits per heavy atom. The summed E-state index contributed by atoms with van der Waals surface area (Å²) in [5.41, 5.74) is 1.53. The van der Waals surface area contributed by atoms with Gasteiger partial charge in [0.25, 0.3) is 0 Å². The molecular weight excluding hydrogens is 390 g/mol. The van der Waals surface area contributed by atoms with Gasteiger partial charge >= 0.3 is 0 Å². The van der Waals surface area contributed by atoms with E-state index in [2.05, 4.69) is 10.1 Å². The highest BCUT2D eigenvalue weighted by atomic mass is 16.7. The third-order valence-corrected chi connectivity index (χ3v) is 5.38. The van der Waals surface area contributed by atoms with Crippen LogP contribution in [0.2, 0.25) is 0 Å². The van der Waals surface area contributed by atoms with Gasteiger partial charge in [-0.05, 0) is 30.3 Å². The molecule has 2 aromatic carbocycles. The molecule has 1 aromatic heterocycles. The van der Waals surface area contributed by atoms with Gasteiger partial charge in [-0.15, -0.1) is 0 Å². The molecule has 6 rings (SSSR count). The van der Waals surface area contributed by atoms with Crippen LogP contribution in [0.4, 0.5) is 5.69 Å². The molecule has 1 amide bonds. The Hall–Kier alpha value is -3.75. The zero-order valence-electron chi connectivity index (χ0n) is 15.9. The normalized spacial score (nSPS) is 19.4. The standard InChI is InChI=1S/C21H17N3O6/c25-19-8-13(10-24(19)14-2-4-15-18(9-14)27-6-5-26-15)21-22-20(23-30-21)12-1-3-16-17(7-12)29-11-28-16/h1-4,7,9,13H,5-6,8,10-11H2. The molecule has 0 spiro atoms. The van der Waals surface area contributed by atoms with E-state index in [0.717, 1.165) is 11.3 Å². The van der Waals surface area contributed by atoms with Crippen molar-refractivity contribution in [2.75, 3.05) is 31.5 Å². The van der Waals surface area contributed by atoms with E-state index in [-0.39, 0.29) is 18.6 Å². The number of rotatable bonds is 3. The first-order chi connectivity index (χ1) is 14.7. The van der Waals surface area contributed by atoms with Crippen molar-refractivity contribution < 1.29 is 28.3 Å². The third kappa shape index (κ3) is 2.81. The van der Waals surface area contributed by atoms with E-state index in [1.54, 1.807) is 4.90 Å². The molecule has 3 aliphatic rings. The Bertz CT molecular complexity index is 1140. The first-order valence-electron chi connectivity index (χ1n) is 9.68. The van der Waals surface area contributed by atoms with Crippen molar-refractivity contribution in [3.05, 3.63) is 42.3 Å². The number of benzene rings is 2. The summed E-state index contributed by atoms with van der Waals surface area (Å²) in [4.78, 5) is 18.9. The van der Waals surface area contributed by atoms with Crippen molar-refractivity contribution in [1.29, 1.82) is 0 Å². The van der Waals surface area contributed by atoms with E-state index in [0.29, 0.717) is 60.9 Å². The van der Waals surface area contributed by atoms with E-state index < -0.39 is 0 Å². The number of hydrogen-bond donors (Lipinski definition) is 0. The predicted molar refractivity (Wildman–Crippen MR) is 103 cm³/mol. The van der Waals surface area contributed by atoms with Crippen LogP contribution in [0.5, 0.6) is 23.0 Å². The smallest absolute Gasteiger partial charge is 0.232 e. The Morgan fingerprint density at radius 1 is 0.900 bits per heavy atom. The van der Waals surface area contributed by atoms with Crippen LogP contribution in [0.3, 0.4) is 0 Å². The molecule has 1 atom stereocenters. The van der Waals surface area contributed by atoms with Crippen LogP contribution < -0.4 is 23.8 Å². The van der Waals surface area contributed by atoms with E-state index in [4.69, 9.17) is 23.5 Å². The predicted octanol–water partition coefficient (Wildman–Crippen LogP) is 2.76. The molecule has 9 heteroatoms. The molecule has 0 N–H and O–H groups in total. The lowest BCUT2D eigenvalue weighted by Gasteiger charge is -2.22. The number of nitrogens with zero attached hydrogens (tertiary/aromatic N) is 3. The molecule has 30 heavy (non-hydrogen) atoms. The van der Waals surface area contributed by atoms with Crippen LogP contribution in [-0.2, 0) is 4.79 Å². The van der Waals surface area contributed by atoms with Crippen molar-refractivity contribution in [3.63, 3.8) is 0 Å². The summed E-state index contributed by atoms with van der Waals surface area (Å²) in [5.74, 6) is 3.40. The molecule has 4 heterocycles. The second kappa shape index (κ2) is 6.65. The van der Waals surface area contributed by atoms with Crippen molar-refractivity contribution in [1.82, 2.24) is 10.1 Å².